The van der Waals surface area contributed by atoms with Crippen molar-refractivity contribution in [2.24, 2.45) is 4.99 Å². The van der Waals surface area contributed by atoms with Crippen molar-refractivity contribution in [2.45, 2.75) is 76.3 Å². The molecule has 0 unspecified atom stereocenters. The van der Waals surface area contributed by atoms with Crippen molar-refractivity contribution in [3.05, 3.63) is 48.4 Å². The van der Waals surface area contributed by atoms with E-state index in [0.717, 1.165) is 11.0 Å². The van der Waals surface area contributed by atoms with E-state index in [1.54, 1.807) is 0 Å². The third-order valence-electron chi connectivity index (χ3n) is 4.79. The van der Waals surface area contributed by atoms with Crippen LogP contribution in [0.5, 0.6) is 0 Å². The summed E-state index contributed by atoms with van der Waals surface area (Å²) in [6.07, 6.45) is 13.1. The minimum atomic E-state index is 0. The van der Waals surface area contributed by atoms with Gasteiger partial charge in [-0.25, -0.2) is 0 Å². The van der Waals surface area contributed by atoms with Gasteiger partial charge >= 0.3 is 19.5 Å². The Hall–Kier alpha value is -0.687. The fourth-order valence-electron chi connectivity index (χ4n) is 3.56. The molecule has 0 bridgehead atoms. The first-order valence-corrected chi connectivity index (χ1v) is 8.76. The Labute approximate surface area is 155 Å². The van der Waals surface area contributed by atoms with Crippen LogP contribution in [0.15, 0.2) is 35.3 Å². The van der Waals surface area contributed by atoms with Gasteiger partial charge in [-0.3, -0.25) is 4.99 Å². The van der Waals surface area contributed by atoms with Gasteiger partial charge in [0.1, 0.15) is 0 Å². The molecule has 1 aromatic rings. The van der Waals surface area contributed by atoms with Gasteiger partial charge < -0.3 is 12.7 Å². The van der Waals surface area contributed by atoms with E-state index >= 15 is 0 Å². The van der Waals surface area contributed by atoms with E-state index in [1.807, 2.05) is 0 Å². The molecule has 2 saturated carbocycles. The summed E-state index contributed by atoms with van der Waals surface area (Å²) in [5.74, 6) is 0. The first-order valence-electron chi connectivity index (χ1n) is 8.76. The summed E-state index contributed by atoms with van der Waals surface area (Å²) in [6, 6.07) is 11.6. The molecule has 0 aliphatic heterocycles. The second-order valence-electron chi connectivity index (χ2n) is 6.52. The number of nitrogens with zero attached hydrogens (tertiary/aromatic N) is 2. The van der Waals surface area contributed by atoms with Gasteiger partial charge in [-0.15, -0.1) is 11.7 Å². The molecule has 2 nitrogen and oxygen atoms in total. The molecule has 1 aromatic carbocycles. The summed E-state index contributed by atoms with van der Waals surface area (Å²) in [6.45, 7) is 0. The van der Waals surface area contributed by atoms with Crippen LogP contribution in [-0.2, 0) is 19.5 Å². The van der Waals surface area contributed by atoms with Crippen LogP contribution in [0.2, 0.25) is 0 Å². The molecule has 23 heavy (non-hydrogen) atoms. The number of hydrogen-bond donors (Lipinski definition) is 0. The van der Waals surface area contributed by atoms with Crippen LogP contribution in [0.4, 0.5) is 5.69 Å². The van der Waals surface area contributed by atoms with Crippen molar-refractivity contribution in [2.75, 3.05) is 0 Å². The third kappa shape index (κ3) is 6.38. The monoisotopic (exact) mass is 362 g/mol. The Morgan fingerprint density at radius 2 is 1.39 bits per heavy atom. The smallest absolute Gasteiger partial charge is 0.680 e. The summed E-state index contributed by atoms with van der Waals surface area (Å²) < 4.78 is 0. The predicted octanol–water partition coefficient (Wildman–Crippen LogP) is 5.71. The van der Waals surface area contributed by atoms with Crippen LogP contribution < -0.4 is 5.36 Å². The maximum Gasteiger partial charge on any atom is 2.00 e. The molecule has 0 atom stereocenters. The predicted molar refractivity (Wildman–Crippen MR) is 95.2 cm³/mol. The Morgan fingerprint density at radius 1 is 0.783 bits per heavy atom. The first kappa shape index (κ1) is 20.4. The summed E-state index contributed by atoms with van der Waals surface area (Å²) in [5, 5.41) is 6.14. The molecule has 2 fully saturated rings. The van der Waals surface area contributed by atoms with Gasteiger partial charge in [-0.2, -0.15) is 0 Å². The van der Waals surface area contributed by atoms with E-state index in [-0.39, 0.29) is 26.9 Å². The van der Waals surface area contributed by atoms with Gasteiger partial charge in [0.2, 0.25) is 0 Å². The van der Waals surface area contributed by atoms with Crippen LogP contribution in [0.3, 0.4) is 0 Å². The minimum Gasteiger partial charge on any atom is -0.680 e. The second-order valence-corrected chi connectivity index (χ2v) is 6.52. The van der Waals surface area contributed by atoms with Gasteiger partial charge in [0.05, 0.1) is 6.04 Å². The quantitative estimate of drug-likeness (QED) is 0.486. The van der Waals surface area contributed by atoms with E-state index in [2.05, 4.69) is 30.3 Å². The van der Waals surface area contributed by atoms with E-state index in [9.17, 15) is 0 Å². The molecule has 0 heterocycles. The molecule has 0 saturated heterocycles. The molecule has 3 heteroatoms. The third-order valence-corrected chi connectivity index (χ3v) is 4.79. The van der Waals surface area contributed by atoms with Gasteiger partial charge in [0.25, 0.3) is 0 Å². The topological polar surface area (TPSA) is 26.5 Å². The van der Waals surface area contributed by atoms with Crippen LogP contribution in [0.1, 0.15) is 64.2 Å². The minimum absolute atomic E-state index is 0. The molecule has 0 amide bonds. The van der Waals surface area contributed by atoms with Crippen molar-refractivity contribution in [3.63, 3.8) is 0 Å². The maximum atomic E-state index is 5.03. The van der Waals surface area contributed by atoms with Crippen LogP contribution in [0.25, 0.3) is 5.32 Å². The summed E-state index contributed by atoms with van der Waals surface area (Å²) in [4.78, 5) is 5.03. The number of hydrogen-bond acceptors (Lipinski definition) is 1. The summed E-state index contributed by atoms with van der Waals surface area (Å²) in [5.41, 5.74) is 1.11. The SMILES string of the molecule is [CH3-].[Zn+2].c1ccc([N-]C2CCCCC2)c(=NC2CCCCC2)cc1. The van der Waals surface area contributed by atoms with Crippen LogP contribution in [-0.4, -0.2) is 12.1 Å². The number of rotatable bonds is 3. The molecular weight excluding hydrogens is 334 g/mol. The molecule has 0 N–H and O–H groups in total. The Kier molecular flexibility index (Phi) is 9.71. The average molecular weight is 364 g/mol. The fourth-order valence-corrected chi connectivity index (χ4v) is 3.56. The molecular formula is C20H30N2Zn. The Morgan fingerprint density at radius 3 is 2.09 bits per heavy atom. The molecule has 3 rings (SSSR count). The van der Waals surface area contributed by atoms with Gasteiger partial charge in [0.15, 0.2) is 0 Å². The zero-order valence-corrected chi connectivity index (χ0v) is 17.7. The average Bonchev–Trinajstić information content (AvgIpc) is 2.75. The maximum absolute atomic E-state index is 5.03. The van der Waals surface area contributed by atoms with Crippen molar-refractivity contribution < 1.29 is 19.5 Å². The van der Waals surface area contributed by atoms with E-state index in [1.165, 1.54) is 64.2 Å². The zero-order valence-electron chi connectivity index (χ0n) is 14.7. The molecule has 0 spiro atoms. The van der Waals surface area contributed by atoms with Gasteiger partial charge in [-0.05, 0) is 18.9 Å². The largest absolute Gasteiger partial charge is 2.00 e. The van der Waals surface area contributed by atoms with Gasteiger partial charge in [-0.1, -0.05) is 75.6 Å². The van der Waals surface area contributed by atoms with Crippen LogP contribution in [0, 0.1) is 7.43 Å². The molecule has 2 aliphatic rings. The Bertz CT molecular complexity index is 503. The fraction of sp³-hybridized carbons (Fsp3) is 0.600. The standard InChI is InChI=1S/C19H27N2.CH3.Zn/c1-4-10-16(11-5-1)20-18-14-8-3-9-15-19(18)21-17-12-6-2-7-13-17;;/h3,8-9,14-17H,1-2,4-7,10-13H2;1H3;/q2*-1;+2. The van der Waals surface area contributed by atoms with Crippen molar-refractivity contribution in [1.82, 2.24) is 0 Å². The van der Waals surface area contributed by atoms with E-state index < -0.39 is 0 Å². The molecule has 0 aromatic heterocycles. The normalized spacial score (nSPS) is 20.3. The molecule has 122 valence electrons. The van der Waals surface area contributed by atoms with Crippen molar-refractivity contribution in [1.29, 1.82) is 0 Å². The van der Waals surface area contributed by atoms with Crippen LogP contribution >= 0.6 is 0 Å². The first-order chi connectivity index (χ1) is 10.4. The second kappa shape index (κ2) is 11.0. The zero-order chi connectivity index (χ0) is 14.3. The van der Waals surface area contributed by atoms with E-state index in [0.29, 0.717) is 12.1 Å². The molecule has 0 radical (unpaired) electrons. The van der Waals surface area contributed by atoms with Gasteiger partial charge in [0, 0.05) is 5.36 Å². The van der Waals surface area contributed by atoms with E-state index in [4.69, 9.17) is 10.3 Å². The summed E-state index contributed by atoms with van der Waals surface area (Å²) >= 11 is 0. The summed E-state index contributed by atoms with van der Waals surface area (Å²) in [7, 11) is 0. The molecule has 2 aliphatic carbocycles. The van der Waals surface area contributed by atoms with Crippen molar-refractivity contribution in [3.8, 4) is 0 Å². The van der Waals surface area contributed by atoms with Crippen molar-refractivity contribution >= 4 is 5.69 Å². The Balaban J connectivity index is 0.00000132.